The molecule has 0 aliphatic carbocycles. The van der Waals surface area contributed by atoms with E-state index >= 15 is 0 Å². The van der Waals surface area contributed by atoms with E-state index in [1.807, 2.05) is 92.8 Å². The lowest BCUT2D eigenvalue weighted by Gasteiger charge is -2.05. The van der Waals surface area contributed by atoms with Crippen LogP contribution >= 0.6 is 0 Å². The van der Waals surface area contributed by atoms with Gasteiger partial charge in [0.1, 0.15) is 17.3 Å². The van der Waals surface area contributed by atoms with Crippen molar-refractivity contribution in [2.75, 3.05) is 7.11 Å². The number of methoxy groups -OCH3 is 1. The zero-order chi connectivity index (χ0) is 25.8. The van der Waals surface area contributed by atoms with E-state index in [1.165, 1.54) is 0 Å². The van der Waals surface area contributed by atoms with Crippen LogP contribution in [-0.4, -0.2) is 33.4 Å². The minimum atomic E-state index is -1.08. The number of carbonyl (C=O) groups excluding carboxylic acids is 1. The lowest BCUT2D eigenvalue weighted by atomic mass is 10.1. The summed E-state index contributed by atoms with van der Waals surface area (Å²) in [5.74, 6) is 0.717. The maximum atomic E-state index is 11.0. The van der Waals surface area contributed by atoms with Crippen LogP contribution in [0.4, 0.5) is 5.82 Å². The van der Waals surface area contributed by atoms with Crippen molar-refractivity contribution in [1.29, 1.82) is 0 Å². The van der Waals surface area contributed by atoms with Crippen LogP contribution in [0.3, 0.4) is 0 Å². The van der Waals surface area contributed by atoms with Gasteiger partial charge in [0.25, 0.3) is 0 Å². The van der Waals surface area contributed by atoms with Crippen molar-refractivity contribution in [3.05, 3.63) is 102 Å². The predicted molar refractivity (Wildman–Crippen MR) is 134 cm³/mol. The summed E-state index contributed by atoms with van der Waals surface area (Å²) in [7, 11) is 1.66. The van der Waals surface area contributed by atoms with E-state index in [1.54, 1.807) is 11.7 Å². The number of aliphatic imine (C=N–C) groups is 1. The number of aliphatic carboxylic acids is 1. The Hall–Kier alpha value is -4.72. The molecule has 0 saturated carbocycles. The molecule has 0 radical (unpaired) electrons. The third-order valence-electron chi connectivity index (χ3n) is 5.65. The number of carbonyl (C=O) groups is 1. The fourth-order valence-electron chi connectivity index (χ4n) is 4.14. The van der Waals surface area contributed by atoms with E-state index in [2.05, 4.69) is 9.55 Å². The van der Waals surface area contributed by atoms with Gasteiger partial charge in [0.15, 0.2) is 6.20 Å². The molecule has 0 unspecified atom stereocenters. The largest absolute Gasteiger partial charge is 0.550 e. The molecule has 36 heavy (non-hydrogen) atoms. The zero-order valence-corrected chi connectivity index (χ0v) is 20.5. The first-order valence-corrected chi connectivity index (χ1v) is 11.3. The molecule has 0 saturated heterocycles. The third kappa shape index (κ3) is 4.74. The standard InChI is InChI=1S/C26H22N4O2.C2H4O2/c1-17-23(28-25-26(31)30(18(2)27-25)20-9-5-4-6-10-20)22-11-7-8-16-29(22)24(17)19-12-14-21(32-3)15-13-19;1-2(3)4/h4-16H,1-3H3;1H3,(H,3,4). The van der Waals surface area contributed by atoms with Crippen molar-refractivity contribution in [2.24, 2.45) is 4.99 Å². The summed E-state index contributed by atoms with van der Waals surface area (Å²) in [5.41, 5.74) is 5.68. The van der Waals surface area contributed by atoms with Crippen molar-refractivity contribution >= 4 is 23.2 Å². The van der Waals surface area contributed by atoms with Crippen LogP contribution in [0.1, 0.15) is 30.9 Å². The number of carboxylic acid groups (broad SMARTS) is 1. The van der Waals surface area contributed by atoms with E-state index in [9.17, 15) is 5.11 Å². The van der Waals surface area contributed by atoms with Crippen LogP contribution in [0.25, 0.3) is 11.4 Å². The number of rotatable bonds is 4. The van der Waals surface area contributed by atoms with Crippen LogP contribution in [-0.2, 0) is 4.79 Å². The van der Waals surface area contributed by atoms with Crippen molar-refractivity contribution in [1.82, 2.24) is 9.55 Å². The first kappa shape index (κ1) is 24.4. The van der Waals surface area contributed by atoms with Crippen LogP contribution < -0.4 is 14.4 Å². The number of hydrogen-bond donors (Lipinski definition) is 1. The summed E-state index contributed by atoms with van der Waals surface area (Å²) in [6.45, 7) is 4.88. The Morgan fingerprint density at radius 3 is 2.31 bits per heavy atom. The third-order valence-corrected chi connectivity index (χ3v) is 5.65. The number of fused-ring (bicyclic) bond motifs is 1. The van der Waals surface area contributed by atoms with E-state index in [-0.39, 0.29) is 5.88 Å². The Bertz CT molecular complexity index is 1470. The van der Waals surface area contributed by atoms with Gasteiger partial charge in [-0.1, -0.05) is 18.2 Å². The van der Waals surface area contributed by atoms with Gasteiger partial charge >= 0.3 is 0 Å². The van der Waals surface area contributed by atoms with Crippen LogP contribution in [0.2, 0.25) is 0 Å². The number of allylic oxidation sites excluding steroid dienone is 1. The quantitative estimate of drug-likeness (QED) is 0.449. The van der Waals surface area contributed by atoms with Crippen LogP contribution in [0.5, 0.6) is 11.6 Å². The molecule has 1 aliphatic heterocycles. The molecule has 182 valence electrons. The van der Waals surface area contributed by atoms with Crippen molar-refractivity contribution < 1.29 is 24.3 Å². The van der Waals surface area contributed by atoms with Crippen LogP contribution in [0.15, 0.2) is 89.6 Å². The SMILES string of the molecule is CC(=O)[O-].COc1ccc(C2=C(C)C(=Nc3nc(C)n(-c4ccccc4)c3O)c3cccc[n+]32)cc1. The number of aromatic hydroxyl groups is 1. The van der Waals surface area contributed by atoms with E-state index in [4.69, 9.17) is 19.6 Å². The molecule has 8 nitrogen and oxygen atoms in total. The monoisotopic (exact) mass is 482 g/mol. The molecule has 0 bridgehead atoms. The molecule has 4 aromatic rings. The highest BCUT2D eigenvalue weighted by molar-refractivity contribution is 6.17. The van der Waals surface area contributed by atoms with Crippen molar-refractivity contribution in [3.8, 4) is 17.3 Å². The van der Waals surface area contributed by atoms with Gasteiger partial charge in [0, 0.05) is 23.7 Å². The molecule has 2 aromatic carbocycles. The molecule has 0 atom stereocenters. The number of para-hydroxylation sites is 1. The van der Waals surface area contributed by atoms with Gasteiger partial charge in [-0.3, -0.25) is 4.57 Å². The molecular formula is C28H26N4O4. The van der Waals surface area contributed by atoms with Crippen molar-refractivity contribution in [3.63, 3.8) is 0 Å². The molecule has 1 aliphatic rings. The van der Waals surface area contributed by atoms with Gasteiger partial charge < -0.3 is 19.7 Å². The molecule has 0 spiro atoms. The summed E-state index contributed by atoms with van der Waals surface area (Å²) in [6, 6.07) is 23.6. The number of aromatic nitrogens is 3. The Morgan fingerprint density at radius 2 is 1.67 bits per heavy atom. The molecule has 5 rings (SSSR count). The molecule has 1 N–H and O–H groups in total. The Kier molecular flexibility index (Phi) is 6.96. The number of benzene rings is 2. The highest BCUT2D eigenvalue weighted by Gasteiger charge is 2.35. The highest BCUT2D eigenvalue weighted by atomic mass is 16.5. The van der Waals surface area contributed by atoms with Gasteiger partial charge in [-0.15, -0.1) is 0 Å². The normalized spacial score (nSPS) is 13.3. The van der Waals surface area contributed by atoms with E-state index in [0.29, 0.717) is 11.6 Å². The number of aryl methyl sites for hydroxylation is 1. The topological polar surface area (TPSA) is 104 Å². The molecule has 0 fully saturated rings. The summed E-state index contributed by atoms with van der Waals surface area (Å²) in [5, 5.41) is 19.8. The van der Waals surface area contributed by atoms with Gasteiger partial charge in [-0.25, -0.2) is 9.98 Å². The summed E-state index contributed by atoms with van der Waals surface area (Å²) < 4.78 is 9.13. The number of carboxylic acids is 1. The number of hydrogen-bond acceptors (Lipinski definition) is 6. The summed E-state index contributed by atoms with van der Waals surface area (Å²) in [6.07, 6.45) is 2.02. The van der Waals surface area contributed by atoms with Gasteiger partial charge in [0.2, 0.25) is 23.1 Å². The summed E-state index contributed by atoms with van der Waals surface area (Å²) in [4.78, 5) is 18.3. The average molecular weight is 483 g/mol. The second-order valence-electron chi connectivity index (χ2n) is 8.09. The number of nitrogens with zero attached hydrogens (tertiary/aromatic N) is 4. The second-order valence-corrected chi connectivity index (χ2v) is 8.09. The first-order valence-electron chi connectivity index (χ1n) is 11.3. The molecule has 0 amide bonds. The minimum Gasteiger partial charge on any atom is -0.550 e. The maximum absolute atomic E-state index is 11.0. The Labute approximate surface area is 209 Å². The number of pyridine rings is 1. The lowest BCUT2D eigenvalue weighted by Crippen LogP contribution is -2.34. The van der Waals surface area contributed by atoms with E-state index < -0.39 is 5.97 Å². The average Bonchev–Trinajstić information content (AvgIpc) is 3.31. The van der Waals surface area contributed by atoms with Gasteiger partial charge in [-0.2, -0.15) is 4.57 Å². The Balaban J connectivity index is 0.000000709. The minimum absolute atomic E-state index is 0.0226. The van der Waals surface area contributed by atoms with Crippen LogP contribution in [0, 0.1) is 6.92 Å². The fraction of sp³-hybridized carbons (Fsp3) is 0.143. The van der Waals surface area contributed by atoms with Gasteiger partial charge in [-0.05, 0) is 63.2 Å². The molecule has 2 aromatic heterocycles. The predicted octanol–water partition coefficient (Wildman–Crippen LogP) is 3.35. The number of ether oxygens (including phenoxy) is 1. The first-order chi connectivity index (χ1) is 17.3. The fourth-order valence-corrected chi connectivity index (χ4v) is 4.14. The molecule has 3 heterocycles. The molecular weight excluding hydrogens is 456 g/mol. The van der Waals surface area contributed by atoms with Gasteiger partial charge in [0.05, 0.1) is 18.4 Å². The second kappa shape index (κ2) is 10.3. The van der Waals surface area contributed by atoms with E-state index in [0.717, 1.165) is 46.6 Å². The smallest absolute Gasteiger partial charge is 0.243 e. The van der Waals surface area contributed by atoms with Crippen molar-refractivity contribution in [2.45, 2.75) is 20.8 Å². The molecule has 8 heteroatoms. The maximum Gasteiger partial charge on any atom is 0.243 e. The summed E-state index contributed by atoms with van der Waals surface area (Å²) >= 11 is 0. The zero-order valence-electron chi connectivity index (χ0n) is 20.5. The Morgan fingerprint density at radius 1 is 1.03 bits per heavy atom. The highest BCUT2D eigenvalue weighted by Crippen LogP contribution is 2.33. The number of imidazole rings is 1. The lowest BCUT2D eigenvalue weighted by molar-refractivity contribution is -0.577.